The Bertz CT molecular complexity index is 1240. The van der Waals surface area contributed by atoms with Gasteiger partial charge in [-0.3, -0.25) is 4.98 Å². The second kappa shape index (κ2) is 8.96. The van der Waals surface area contributed by atoms with E-state index in [4.69, 9.17) is 14.5 Å². The molecule has 0 radical (unpaired) electrons. The van der Waals surface area contributed by atoms with Crippen molar-refractivity contribution < 1.29 is 9.47 Å². The molecule has 0 spiro atoms. The predicted octanol–water partition coefficient (Wildman–Crippen LogP) is 5.69. The van der Waals surface area contributed by atoms with Gasteiger partial charge in [0.1, 0.15) is 13.2 Å². The molecular formula is C25H24N4O2S. The van der Waals surface area contributed by atoms with E-state index in [1.165, 1.54) is 10.5 Å². The number of anilines is 1. The number of thioether (sulfide) groups is 1. The maximum atomic E-state index is 5.79. The first-order chi connectivity index (χ1) is 15.7. The fourth-order valence-electron chi connectivity index (χ4n) is 3.59. The molecule has 0 bridgehead atoms. The molecule has 7 heteroatoms. The molecule has 2 N–H and O–H groups in total. The van der Waals surface area contributed by atoms with Crippen LogP contribution in [-0.2, 0) is 0 Å². The highest BCUT2D eigenvalue weighted by Crippen LogP contribution is 2.38. The first-order valence-electron chi connectivity index (χ1n) is 10.5. The molecule has 0 unspecified atom stereocenters. The summed E-state index contributed by atoms with van der Waals surface area (Å²) in [6.45, 7) is 5.21. The molecule has 1 aliphatic rings. The Labute approximate surface area is 191 Å². The van der Waals surface area contributed by atoms with Gasteiger partial charge in [-0.15, -0.1) is 11.8 Å². The number of fused-ring (bicyclic) bond motifs is 1. The van der Waals surface area contributed by atoms with Crippen molar-refractivity contribution in [3.05, 3.63) is 72.1 Å². The van der Waals surface area contributed by atoms with Crippen molar-refractivity contribution in [2.45, 2.75) is 18.7 Å². The van der Waals surface area contributed by atoms with Crippen LogP contribution in [0, 0.1) is 13.8 Å². The van der Waals surface area contributed by atoms with E-state index in [9.17, 15) is 0 Å². The molecule has 1 aliphatic heterocycles. The number of H-pyrrole nitrogens is 1. The van der Waals surface area contributed by atoms with E-state index in [0.29, 0.717) is 19.1 Å². The first kappa shape index (κ1) is 20.5. The summed E-state index contributed by atoms with van der Waals surface area (Å²) in [5.41, 5.74) is 6.01. The van der Waals surface area contributed by atoms with Crippen LogP contribution in [0.3, 0.4) is 0 Å². The Kier molecular flexibility index (Phi) is 5.73. The normalized spacial score (nSPS) is 12.6. The predicted molar refractivity (Wildman–Crippen MR) is 129 cm³/mol. The van der Waals surface area contributed by atoms with Gasteiger partial charge in [0.2, 0.25) is 5.95 Å². The van der Waals surface area contributed by atoms with Crippen molar-refractivity contribution in [1.29, 1.82) is 0 Å². The number of ether oxygens (including phenoxy) is 2. The van der Waals surface area contributed by atoms with Crippen LogP contribution < -0.4 is 14.8 Å². The van der Waals surface area contributed by atoms with Gasteiger partial charge in [-0.1, -0.05) is 17.7 Å². The van der Waals surface area contributed by atoms with Gasteiger partial charge in [0.15, 0.2) is 11.5 Å². The number of rotatable bonds is 6. The standard InChI is InChI=1S/C25H24N4O2S/c1-16-3-6-20(7-4-16)32-15-27-25-28-23(24(29-25)19-9-10-26-17(2)13-19)18-5-8-21-22(14-18)31-12-11-30-21/h3-10,13-14H,11-12,15H2,1-2H3,(H2,27,28,29). The summed E-state index contributed by atoms with van der Waals surface area (Å²) >= 11 is 1.73. The summed E-state index contributed by atoms with van der Waals surface area (Å²) in [5.74, 6) is 2.94. The third kappa shape index (κ3) is 4.43. The minimum absolute atomic E-state index is 0.552. The van der Waals surface area contributed by atoms with Gasteiger partial charge in [-0.05, 0) is 56.3 Å². The monoisotopic (exact) mass is 444 g/mol. The van der Waals surface area contributed by atoms with E-state index >= 15 is 0 Å². The van der Waals surface area contributed by atoms with E-state index in [1.54, 1.807) is 11.8 Å². The van der Waals surface area contributed by atoms with Gasteiger partial charge in [-0.2, -0.15) is 0 Å². The Morgan fingerprint density at radius 2 is 1.75 bits per heavy atom. The van der Waals surface area contributed by atoms with Crippen LogP contribution in [0.5, 0.6) is 11.5 Å². The fraction of sp³-hybridized carbons (Fsp3) is 0.200. The number of hydrogen-bond donors (Lipinski definition) is 2. The van der Waals surface area contributed by atoms with Crippen molar-refractivity contribution in [2.75, 3.05) is 24.4 Å². The van der Waals surface area contributed by atoms with Gasteiger partial charge in [-0.25, -0.2) is 4.98 Å². The average Bonchev–Trinajstić information content (AvgIpc) is 3.24. The van der Waals surface area contributed by atoms with Gasteiger partial charge >= 0.3 is 0 Å². The quantitative estimate of drug-likeness (QED) is 0.294. The van der Waals surface area contributed by atoms with Crippen molar-refractivity contribution >= 4 is 17.7 Å². The lowest BCUT2D eigenvalue weighted by Gasteiger charge is -2.18. The van der Waals surface area contributed by atoms with E-state index in [-0.39, 0.29) is 0 Å². The topological polar surface area (TPSA) is 72.1 Å². The molecular weight excluding hydrogens is 420 g/mol. The zero-order valence-corrected chi connectivity index (χ0v) is 18.8. The number of aryl methyl sites for hydroxylation is 2. The number of nitrogens with zero attached hydrogens (tertiary/aromatic N) is 2. The molecule has 3 heterocycles. The first-order valence-corrected chi connectivity index (χ1v) is 11.5. The zero-order chi connectivity index (χ0) is 21.9. The van der Waals surface area contributed by atoms with Crippen molar-refractivity contribution in [3.63, 3.8) is 0 Å². The van der Waals surface area contributed by atoms with Crippen LogP contribution in [-0.4, -0.2) is 34.0 Å². The lowest BCUT2D eigenvalue weighted by molar-refractivity contribution is 0.171. The molecule has 0 amide bonds. The number of nitrogens with one attached hydrogen (secondary N) is 2. The minimum atomic E-state index is 0.552. The van der Waals surface area contributed by atoms with Gasteiger partial charge < -0.3 is 19.8 Å². The molecule has 2 aromatic carbocycles. The number of aromatic amines is 1. The molecule has 0 fully saturated rings. The molecule has 4 aromatic rings. The van der Waals surface area contributed by atoms with Crippen LogP contribution in [0.25, 0.3) is 22.5 Å². The molecule has 0 saturated heterocycles. The van der Waals surface area contributed by atoms with Crippen LogP contribution in [0.2, 0.25) is 0 Å². The molecule has 2 aromatic heterocycles. The average molecular weight is 445 g/mol. The third-order valence-corrected chi connectivity index (χ3v) is 6.10. The summed E-state index contributed by atoms with van der Waals surface area (Å²) in [6.07, 6.45) is 1.82. The molecule has 162 valence electrons. The minimum Gasteiger partial charge on any atom is -0.486 e. The largest absolute Gasteiger partial charge is 0.486 e. The Balaban J connectivity index is 1.44. The lowest BCUT2D eigenvalue weighted by atomic mass is 10.0. The molecule has 32 heavy (non-hydrogen) atoms. The Morgan fingerprint density at radius 3 is 2.56 bits per heavy atom. The maximum Gasteiger partial charge on any atom is 0.201 e. The van der Waals surface area contributed by atoms with Crippen molar-refractivity contribution in [3.8, 4) is 34.0 Å². The van der Waals surface area contributed by atoms with Crippen molar-refractivity contribution in [2.24, 2.45) is 0 Å². The number of hydrogen-bond acceptors (Lipinski definition) is 6. The van der Waals surface area contributed by atoms with Crippen LogP contribution in [0.15, 0.2) is 65.7 Å². The summed E-state index contributed by atoms with van der Waals surface area (Å²) in [6, 6.07) is 18.5. The number of imidazole rings is 1. The summed E-state index contributed by atoms with van der Waals surface area (Å²) < 4.78 is 11.5. The van der Waals surface area contributed by atoms with Crippen LogP contribution in [0.1, 0.15) is 11.3 Å². The molecule has 6 nitrogen and oxygen atoms in total. The highest BCUT2D eigenvalue weighted by molar-refractivity contribution is 7.99. The van der Waals surface area contributed by atoms with Crippen LogP contribution in [0.4, 0.5) is 5.95 Å². The summed E-state index contributed by atoms with van der Waals surface area (Å²) in [7, 11) is 0. The second-order valence-electron chi connectivity index (χ2n) is 7.63. The second-order valence-corrected chi connectivity index (χ2v) is 8.68. The van der Waals surface area contributed by atoms with E-state index in [2.05, 4.69) is 52.5 Å². The third-order valence-electron chi connectivity index (χ3n) is 5.20. The van der Waals surface area contributed by atoms with Gasteiger partial charge in [0.25, 0.3) is 0 Å². The van der Waals surface area contributed by atoms with Gasteiger partial charge in [0, 0.05) is 27.9 Å². The molecule has 5 rings (SSSR count). The lowest BCUT2D eigenvalue weighted by Crippen LogP contribution is -2.15. The molecule has 0 aliphatic carbocycles. The van der Waals surface area contributed by atoms with Crippen molar-refractivity contribution in [1.82, 2.24) is 15.0 Å². The summed E-state index contributed by atoms with van der Waals surface area (Å²) in [5, 5.41) is 3.41. The number of aromatic nitrogens is 3. The highest BCUT2D eigenvalue weighted by atomic mass is 32.2. The zero-order valence-electron chi connectivity index (χ0n) is 18.0. The van der Waals surface area contributed by atoms with E-state index in [1.807, 2.05) is 37.4 Å². The van der Waals surface area contributed by atoms with E-state index in [0.717, 1.165) is 45.7 Å². The van der Waals surface area contributed by atoms with Gasteiger partial charge in [0.05, 0.1) is 17.3 Å². The number of pyridine rings is 1. The SMILES string of the molecule is Cc1ccc(SCNc2nc(-c3ccc4c(c3)OCCO4)c(-c3ccnc(C)c3)[nH]2)cc1. The molecule has 0 atom stereocenters. The van der Waals surface area contributed by atoms with E-state index < -0.39 is 0 Å². The number of benzene rings is 2. The Morgan fingerprint density at radius 1 is 0.938 bits per heavy atom. The van der Waals surface area contributed by atoms with Crippen LogP contribution >= 0.6 is 11.8 Å². The Hall–Kier alpha value is -3.45. The fourth-order valence-corrected chi connectivity index (χ4v) is 4.29. The maximum absolute atomic E-state index is 5.79. The molecule has 0 saturated carbocycles. The smallest absolute Gasteiger partial charge is 0.201 e. The highest BCUT2D eigenvalue weighted by Gasteiger charge is 2.18. The summed E-state index contributed by atoms with van der Waals surface area (Å²) in [4.78, 5) is 13.9.